The molecule has 0 aromatic heterocycles. The zero-order valence-electron chi connectivity index (χ0n) is 10.4. The summed E-state index contributed by atoms with van der Waals surface area (Å²) in [5.41, 5.74) is 1.33. The van der Waals surface area contributed by atoms with Gasteiger partial charge in [0.1, 0.15) is 6.10 Å². The van der Waals surface area contributed by atoms with Crippen molar-refractivity contribution in [3.8, 4) is 0 Å². The second-order valence-corrected chi connectivity index (χ2v) is 4.62. The smallest absolute Gasteiger partial charge is 0.330 e. The Morgan fingerprint density at radius 1 is 1.39 bits per heavy atom. The molecule has 0 unspecified atom stereocenters. The first-order chi connectivity index (χ1) is 8.76. The molecule has 2 rings (SSSR count). The van der Waals surface area contributed by atoms with Crippen LogP contribution in [0.2, 0.25) is 0 Å². The summed E-state index contributed by atoms with van der Waals surface area (Å²) < 4.78 is 5.39. The molecule has 1 aliphatic carbocycles. The average molecular weight is 242 g/mol. The number of carbonyl (C=O) groups excluding carboxylic acids is 1. The maximum atomic E-state index is 11.3. The van der Waals surface area contributed by atoms with E-state index in [2.05, 4.69) is 25.3 Å². The van der Waals surface area contributed by atoms with Gasteiger partial charge in [0.05, 0.1) is 0 Å². The normalized spacial score (nSPS) is 22.9. The van der Waals surface area contributed by atoms with Gasteiger partial charge in [-0.15, -0.1) is 6.58 Å². The Bertz CT molecular complexity index is 436. The van der Waals surface area contributed by atoms with Crippen LogP contribution in [0.1, 0.15) is 24.3 Å². The van der Waals surface area contributed by atoms with Crippen LogP contribution in [0, 0.1) is 5.92 Å². The predicted molar refractivity (Wildman–Crippen MR) is 72.2 cm³/mol. The average Bonchev–Trinajstić information content (AvgIpc) is 3.19. The van der Waals surface area contributed by atoms with E-state index in [1.807, 2.05) is 18.2 Å². The van der Waals surface area contributed by atoms with Crippen LogP contribution in [-0.4, -0.2) is 12.1 Å². The van der Waals surface area contributed by atoms with Crippen molar-refractivity contribution >= 4 is 5.97 Å². The van der Waals surface area contributed by atoms with Gasteiger partial charge >= 0.3 is 5.97 Å². The molecule has 94 valence electrons. The molecule has 1 aliphatic rings. The van der Waals surface area contributed by atoms with E-state index >= 15 is 0 Å². The monoisotopic (exact) mass is 242 g/mol. The lowest BCUT2D eigenvalue weighted by Gasteiger charge is -2.15. The van der Waals surface area contributed by atoms with Crippen LogP contribution in [0.15, 0.2) is 55.6 Å². The SMILES string of the molecule is C=CC[C@@H](OC(=O)C=C)[C@H]1C[C@@H]1c1ccccc1. The van der Waals surface area contributed by atoms with E-state index in [-0.39, 0.29) is 12.1 Å². The van der Waals surface area contributed by atoms with Crippen LogP contribution in [0.5, 0.6) is 0 Å². The Morgan fingerprint density at radius 2 is 2.11 bits per heavy atom. The summed E-state index contributed by atoms with van der Waals surface area (Å²) in [6.45, 7) is 7.15. The Kier molecular flexibility index (Phi) is 3.98. The van der Waals surface area contributed by atoms with Gasteiger partial charge in [0.2, 0.25) is 0 Å². The lowest BCUT2D eigenvalue weighted by molar-refractivity contribution is -0.143. The van der Waals surface area contributed by atoms with Crippen LogP contribution in [-0.2, 0) is 9.53 Å². The summed E-state index contributed by atoms with van der Waals surface area (Å²) in [4.78, 5) is 11.3. The highest BCUT2D eigenvalue weighted by Gasteiger charge is 2.44. The number of rotatable bonds is 6. The van der Waals surface area contributed by atoms with E-state index in [1.54, 1.807) is 6.08 Å². The molecule has 2 nitrogen and oxygen atoms in total. The number of esters is 1. The molecule has 1 fully saturated rings. The van der Waals surface area contributed by atoms with E-state index in [9.17, 15) is 4.79 Å². The predicted octanol–water partition coefficient (Wildman–Crippen LogP) is 3.46. The summed E-state index contributed by atoms with van der Waals surface area (Å²) in [5, 5.41) is 0. The highest BCUT2D eigenvalue weighted by molar-refractivity contribution is 5.81. The third-order valence-corrected chi connectivity index (χ3v) is 3.38. The first kappa shape index (κ1) is 12.6. The molecule has 0 radical (unpaired) electrons. The zero-order valence-corrected chi connectivity index (χ0v) is 10.4. The Labute approximate surface area is 108 Å². The van der Waals surface area contributed by atoms with Crippen LogP contribution < -0.4 is 0 Å². The van der Waals surface area contributed by atoms with Gasteiger partial charge in [0.15, 0.2) is 0 Å². The molecule has 0 amide bonds. The number of carbonyl (C=O) groups is 1. The summed E-state index contributed by atoms with van der Waals surface area (Å²) in [6.07, 6.45) is 4.73. The molecule has 2 heteroatoms. The molecule has 0 aliphatic heterocycles. The summed E-state index contributed by atoms with van der Waals surface area (Å²) in [5.74, 6) is 0.573. The van der Waals surface area contributed by atoms with Gasteiger partial charge in [0.25, 0.3) is 0 Å². The molecule has 1 aromatic carbocycles. The topological polar surface area (TPSA) is 26.3 Å². The number of benzene rings is 1. The fraction of sp³-hybridized carbons (Fsp3) is 0.312. The largest absolute Gasteiger partial charge is 0.459 e. The van der Waals surface area contributed by atoms with Gasteiger partial charge in [-0.3, -0.25) is 0 Å². The van der Waals surface area contributed by atoms with Crippen LogP contribution in [0.3, 0.4) is 0 Å². The number of hydrogen-bond acceptors (Lipinski definition) is 2. The van der Waals surface area contributed by atoms with Crippen molar-refractivity contribution in [1.29, 1.82) is 0 Å². The fourth-order valence-electron chi connectivity index (χ4n) is 2.38. The quantitative estimate of drug-likeness (QED) is 0.434. The molecule has 1 saturated carbocycles. The molecule has 1 aromatic rings. The van der Waals surface area contributed by atoms with Crippen molar-refractivity contribution in [2.24, 2.45) is 5.92 Å². The highest BCUT2D eigenvalue weighted by Crippen LogP contribution is 2.51. The molecule has 0 bridgehead atoms. The fourth-order valence-corrected chi connectivity index (χ4v) is 2.38. The third-order valence-electron chi connectivity index (χ3n) is 3.38. The minimum Gasteiger partial charge on any atom is -0.459 e. The molecule has 18 heavy (non-hydrogen) atoms. The van der Waals surface area contributed by atoms with Gasteiger partial charge in [0, 0.05) is 18.4 Å². The highest BCUT2D eigenvalue weighted by atomic mass is 16.5. The number of ether oxygens (including phenoxy) is 1. The molecule has 3 atom stereocenters. The van der Waals surface area contributed by atoms with E-state index in [1.165, 1.54) is 11.6 Å². The molecule has 0 saturated heterocycles. The minimum atomic E-state index is -0.347. The van der Waals surface area contributed by atoms with Crippen LogP contribution in [0.4, 0.5) is 0 Å². The van der Waals surface area contributed by atoms with E-state index in [4.69, 9.17) is 4.74 Å². The van der Waals surface area contributed by atoms with Gasteiger partial charge in [-0.1, -0.05) is 43.0 Å². The van der Waals surface area contributed by atoms with Crippen molar-refractivity contribution < 1.29 is 9.53 Å². The lowest BCUT2D eigenvalue weighted by atomic mass is 10.1. The molecule has 0 spiro atoms. The Morgan fingerprint density at radius 3 is 2.72 bits per heavy atom. The Hall–Kier alpha value is -1.83. The lowest BCUT2D eigenvalue weighted by Crippen LogP contribution is -2.19. The summed E-state index contributed by atoms with van der Waals surface area (Å²) >= 11 is 0. The minimum absolute atomic E-state index is 0.0711. The van der Waals surface area contributed by atoms with Gasteiger partial charge in [-0.25, -0.2) is 4.79 Å². The summed E-state index contributed by atoms with van der Waals surface area (Å²) in [7, 11) is 0. The second kappa shape index (κ2) is 5.67. The van der Waals surface area contributed by atoms with Crippen LogP contribution >= 0.6 is 0 Å². The second-order valence-electron chi connectivity index (χ2n) is 4.62. The van der Waals surface area contributed by atoms with Crippen molar-refractivity contribution in [3.63, 3.8) is 0 Å². The molecule has 0 N–H and O–H groups in total. The van der Waals surface area contributed by atoms with Crippen molar-refractivity contribution in [2.75, 3.05) is 0 Å². The van der Waals surface area contributed by atoms with E-state index in [0.29, 0.717) is 18.3 Å². The van der Waals surface area contributed by atoms with Gasteiger partial charge in [-0.05, 0) is 17.9 Å². The maximum Gasteiger partial charge on any atom is 0.330 e. The number of hydrogen-bond donors (Lipinski definition) is 0. The van der Waals surface area contributed by atoms with E-state index in [0.717, 1.165) is 6.42 Å². The molecular formula is C16H18O2. The Balaban J connectivity index is 2.00. The van der Waals surface area contributed by atoms with Crippen LogP contribution in [0.25, 0.3) is 0 Å². The first-order valence-electron chi connectivity index (χ1n) is 6.25. The summed E-state index contributed by atoms with van der Waals surface area (Å²) in [6, 6.07) is 10.4. The first-order valence-corrected chi connectivity index (χ1v) is 6.25. The standard InChI is InChI=1S/C16H18O2/c1-3-8-15(18-16(17)4-2)14-11-13(14)12-9-6-5-7-10-12/h3-7,9-10,13-15H,1-2,8,11H2/t13-,14+,15-/m1/s1. The molecule has 0 heterocycles. The zero-order chi connectivity index (χ0) is 13.0. The van der Waals surface area contributed by atoms with Crippen molar-refractivity contribution in [3.05, 3.63) is 61.2 Å². The van der Waals surface area contributed by atoms with E-state index < -0.39 is 0 Å². The third kappa shape index (κ3) is 2.89. The maximum absolute atomic E-state index is 11.3. The van der Waals surface area contributed by atoms with Crippen molar-refractivity contribution in [2.45, 2.75) is 24.9 Å². The van der Waals surface area contributed by atoms with Gasteiger partial charge < -0.3 is 4.74 Å². The molecular weight excluding hydrogens is 224 g/mol. The van der Waals surface area contributed by atoms with Gasteiger partial charge in [-0.2, -0.15) is 0 Å². The van der Waals surface area contributed by atoms with Crippen molar-refractivity contribution in [1.82, 2.24) is 0 Å².